The molecule has 3 heterocycles. The summed E-state index contributed by atoms with van der Waals surface area (Å²) >= 11 is 0. The molecule has 0 radical (unpaired) electrons. The molecule has 0 aliphatic carbocycles. The summed E-state index contributed by atoms with van der Waals surface area (Å²) in [5, 5.41) is 10.5. The third-order valence-corrected chi connectivity index (χ3v) is 4.34. The summed E-state index contributed by atoms with van der Waals surface area (Å²) < 4.78 is 11.4. The third kappa shape index (κ3) is 2.96. The smallest absolute Gasteiger partial charge is 0.0940 e. The van der Waals surface area contributed by atoms with Crippen molar-refractivity contribution < 1.29 is 14.6 Å². The summed E-state index contributed by atoms with van der Waals surface area (Å²) in [5.74, 6) is 0.309. The largest absolute Gasteiger partial charge is 0.392 e. The van der Waals surface area contributed by atoms with Crippen LogP contribution in [0.25, 0.3) is 0 Å². The van der Waals surface area contributed by atoms with Crippen molar-refractivity contribution in [3.05, 3.63) is 30.1 Å². The standard InChI is InChI=1S/C15H21NO3/c17-14(9-12-1-5-16-6-2-12)13-3-7-19-15(10-13)4-8-18-11-15/h1-2,5-6,13-14,17H,3-4,7-11H2. The number of ether oxygens (including phenoxy) is 2. The van der Waals surface area contributed by atoms with Crippen molar-refractivity contribution in [3.8, 4) is 0 Å². The molecule has 0 bridgehead atoms. The van der Waals surface area contributed by atoms with Crippen LogP contribution in [0.5, 0.6) is 0 Å². The van der Waals surface area contributed by atoms with Gasteiger partial charge in [0.1, 0.15) is 0 Å². The summed E-state index contributed by atoms with van der Waals surface area (Å²) in [6.45, 7) is 2.21. The van der Waals surface area contributed by atoms with Crippen LogP contribution in [0.3, 0.4) is 0 Å². The average molecular weight is 263 g/mol. The molecular weight excluding hydrogens is 242 g/mol. The fraction of sp³-hybridized carbons (Fsp3) is 0.667. The van der Waals surface area contributed by atoms with Gasteiger partial charge in [0.05, 0.1) is 18.3 Å². The molecule has 4 heteroatoms. The van der Waals surface area contributed by atoms with Gasteiger partial charge in [0.15, 0.2) is 0 Å². The average Bonchev–Trinajstić information content (AvgIpc) is 2.88. The van der Waals surface area contributed by atoms with Crippen LogP contribution in [0, 0.1) is 5.92 Å². The predicted molar refractivity (Wildman–Crippen MR) is 70.8 cm³/mol. The van der Waals surface area contributed by atoms with E-state index in [9.17, 15) is 5.11 Å². The highest BCUT2D eigenvalue weighted by molar-refractivity contribution is 5.11. The lowest BCUT2D eigenvalue weighted by Gasteiger charge is -2.39. The minimum atomic E-state index is -0.302. The molecule has 2 fully saturated rings. The van der Waals surface area contributed by atoms with Gasteiger partial charge in [-0.1, -0.05) is 0 Å². The second-order valence-electron chi connectivity index (χ2n) is 5.71. The van der Waals surface area contributed by atoms with Crippen LogP contribution in [0.2, 0.25) is 0 Å². The maximum absolute atomic E-state index is 10.5. The lowest BCUT2D eigenvalue weighted by molar-refractivity contribution is -0.116. The Kier molecular flexibility index (Phi) is 3.82. The van der Waals surface area contributed by atoms with Gasteiger partial charge >= 0.3 is 0 Å². The molecular formula is C15H21NO3. The zero-order valence-corrected chi connectivity index (χ0v) is 11.1. The molecule has 2 aliphatic heterocycles. The summed E-state index contributed by atoms with van der Waals surface area (Å²) in [5.41, 5.74) is 1.02. The molecule has 0 aromatic carbocycles. The molecule has 1 spiro atoms. The van der Waals surface area contributed by atoms with Gasteiger partial charge in [-0.2, -0.15) is 0 Å². The zero-order valence-electron chi connectivity index (χ0n) is 11.1. The lowest BCUT2D eigenvalue weighted by atomic mass is 9.80. The van der Waals surface area contributed by atoms with Crippen molar-refractivity contribution >= 4 is 0 Å². The molecule has 0 amide bonds. The minimum Gasteiger partial charge on any atom is -0.392 e. The Balaban J connectivity index is 1.61. The van der Waals surface area contributed by atoms with Gasteiger partial charge in [0.2, 0.25) is 0 Å². The van der Waals surface area contributed by atoms with E-state index in [2.05, 4.69) is 4.98 Å². The summed E-state index contributed by atoms with van der Waals surface area (Å²) in [4.78, 5) is 4.00. The molecule has 1 aromatic heterocycles. The van der Waals surface area contributed by atoms with E-state index in [1.165, 1.54) is 0 Å². The van der Waals surface area contributed by atoms with Crippen molar-refractivity contribution in [1.29, 1.82) is 0 Å². The van der Waals surface area contributed by atoms with E-state index in [1.54, 1.807) is 12.4 Å². The number of aliphatic hydroxyl groups excluding tert-OH is 1. The van der Waals surface area contributed by atoms with E-state index in [1.807, 2.05) is 12.1 Å². The van der Waals surface area contributed by atoms with Crippen LogP contribution in [-0.2, 0) is 15.9 Å². The van der Waals surface area contributed by atoms with E-state index in [0.29, 0.717) is 18.9 Å². The first kappa shape index (κ1) is 13.0. The molecule has 1 aromatic rings. The van der Waals surface area contributed by atoms with E-state index >= 15 is 0 Å². The van der Waals surface area contributed by atoms with E-state index < -0.39 is 0 Å². The number of rotatable bonds is 3. The predicted octanol–water partition coefficient (Wildman–Crippen LogP) is 1.57. The number of aromatic nitrogens is 1. The van der Waals surface area contributed by atoms with Crippen molar-refractivity contribution in [3.63, 3.8) is 0 Å². The van der Waals surface area contributed by atoms with Crippen molar-refractivity contribution in [2.75, 3.05) is 19.8 Å². The number of pyridine rings is 1. The molecule has 1 N–H and O–H groups in total. The molecule has 2 saturated heterocycles. The van der Waals surface area contributed by atoms with Crippen molar-refractivity contribution in [2.45, 2.75) is 37.4 Å². The molecule has 0 saturated carbocycles. The maximum atomic E-state index is 10.5. The van der Waals surface area contributed by atoms with Crippen molar-refractivity contribution in [2.24, 2.45) is 5.92 Å². The Morgan fingerprint density at radius 3 is 2.95 bits per heavy atom. The van der Waals surface area contributed by atoms with Gasteiger partial charge in [0, 0.05) is 32.0 Å². The Labute approximate surface area is 113 Å². The van der Waals surface area contributed by atoms with Crippen LogP contribution in [-0.4, -0.2) is 41.6 Å². The summed E-state index contributed by atoms with van der Waals surface area (Å²) in [6.07, 6.45) is 6.77. The first-order chi connectivity index (χ1) is 9.27. The van der Waals surface area contributed by atoms with Gasteiger partial charge in [-0.05, 0) is 42.9 Å². The fourth-order valence-corrected chi connectivity index (χ4v) is 3.18. The first-order valence-electron chi connectivity index (χ1n) is 7.06. The SMILES string of the molecule is OC(Cc1ccncc1)C1CCOC2(CCOC2)C1. The van der Waals surface area contributed by atoms with Crippen LogP contribution in [0.4, 0.5) is 0 Å². The van der Waals surface area contributed by atoms with Crippen LogP contribution < -0.4 is 0 Å². The van der Waals surface area contributed by atoms with E-state index in [-0.39, 0.29) is 11.7 Å². The Bertz CT molecular complexity index is 403. The molecule has 2 aliphatic rings. The van der Waals surface area contributed by atoms with E-state index in [4.69, 9.17) is 9.47 Å². The van der Waals surface area contributed by atoms with E-state index in [0.717, 1.165) is 38.0 Å². The minimum absolute atomic E-state index is 0.123. The van der Waals surface area contributed by atoms with Gasteiger partial charge in [-0.3, -0.25) is 4.98 Å². The molecule has 3 unspecified atom stereocenters. The topological polar surface area (TPSA) is 51.6 Å². The van der Waals surface area contributed by atoms with Gasteiger partial charge in [-0.25, -0.2) is 0 Å². The lowest BCUT2D eigenvalue weighted by Crippen LogP contribution is -2.44. The van der Waals surface area contributed by atoms with Crippen molar-refractivity contribution in [1.82, 2.24) is 4.98 Å². The molecule has 104 valence electrons. The molecule has 3 rings (SSSR count). The third-order valence-electron chi connectivity index (χ3n) is 4.34. The van der Waals surface area contributed by atoms with Gasteiger partial charge in [0.25, 0.3) is 0 Å². The second kappa shape index (κ2) is 5.57. The monoisotopic (exact) mass is 263 g/mol. The molecule has 3 atom stereocenters. The number of hydrogen-bond acceptors (Lipinski definition) is 4. The Hall–Kier alpha value is -0.970. The van der Waals surface area contributed by atoms with Crippen LogP contribution in [0.15, 0.2) is 24.5 Å². The Morgan fingerprint density at radius 1 is 1.37 bits per heavy atom. The highest BCUT2D eigenvalue weighted by atomic mass is 16.6. The quantitative estimate of drug-likeness (QED) is 0.899. The van der Waals surface area contributed by atoms with Gasteiger partial charge < -0.3 is 14.6 Å². The number of nitrogens with zero attached hydrogens (tertiary/aromatic N) is 1. The molecule has 19 heavy (non-hydrogen) atoms. The van der Waals surface area contributed by atoms with Crippen LogP contribution in [0.1, 0.15) is 24.8 Å². The summed E-state index contributed by atoms with van der Waals surface area (Å²) in [7, 11) is 0. The van der Waals surface area contributed by atoms with Gasteiger partial charge in [-0.15, -0.1) is 0 Å². The second-order valence-corrected chi connectivity index (χ2v) is 5.71. The van der Waals surface area contributed by atoms with Crippen LogP contribution >= 0.6 is 0 Å². The Morgan fingerprint density at radius 2 is 2.21 bits per heavy atom. The highest BCUT2D eigenvalue weighted by Gasteiger charge is 2.42. The normalized spacial score (nSPS) is 32.6. The maximum Gasteiger partial charge on any atom is 0.0940 e. The number of aliphatic hydroxyl groups is 1. The number of hydrogen-bond donors (Lipinski definition) is 1. The zero-order chi connectivity index (χ0) is 13.1. The highest BCUT2D eigenvalue weighted by Crippen LogP contribution is 2.37. The first-order valence-corrected chi connectivity index (χ1v) is 7.06. The molecule has 4 nitrogen and oxygen atoms in total. The fourth-order valence-electron chi connectivity index (χ4n) is 3.18. The summed E-state index contributed by atoms with van der Waals surface area (Å²) in [6, 6.07) is 3.94.